The van der Waals surface area contributed by atoms with Gasteiger partial charge >= 0.3 is 0 Å². The number of benzene rings is 1. The van der Waals surface area contributed by atoms with Gasteiger partial charge in [-0.3, -0.25) is 9.79 Å². The van der Waals surface area contributed by atoms with Crippen LogP contribution in [0.25, 0.3) is 0 Å². The molecule has 0 aromatic heterocycles. The van der Waals surface area contributed by atoms with Crippen molar-refractivity contribution in [3.63, 3.8) is 0 Å². The minimum absolute atomic E-state index is 0.0972. The number of nitrogens with one attached hydrogen (secondary N) is 3. The molecular weight excluding hydrogens is 408 g/mol. The lowest BCUT2D eigenvalue weighted by molar-refractivity contribution is 0.0954. The maximum atomic E-state index is 12.1. The molecule has 4 N–H and O–H groups in total. The second kappa shape index (κ2) is 13.6. The van der Waals surface area contributed by atoms with Gasteiger partial charge in [0.15, 0.2) is 5.96 Å². The fraction of sp³-hybridized carbons (Fsp3) is 0.600. The van der Waals surface area contributed by atoms with Crippen molar-refractivity contribution in [3.05, 3.63) is 34.3 Å². The Kier molecular flexibility index (Phi) is 11.8. The second-order valence-electron chi connectivity index (χ2n) is 6.92. The summed E-state index contributed by atoms with van der Waals surface area (Å²) >= 11 is 3.37. The number of nitrogens with zero attached hydrogens (tertiary/aromatic N) is 1. The van der Waals surface area contributed by atoms with Crippen LogP contribution in [0.5, 0.6) is 0 Å². The first kappa shape index (κ1) is 23.4. The molecule has 0 saturated heterocycles. The minimum atomic E-state index is -0.0972. The van der Waals surface area contributed by atoms with E-state index in [0.717, 1.165) is 29.8 Å². The van der Waals surface area contributed by atoms with Crippen molar-refractivity contribution in [1.29, 1.82) is 0 Å². The van der Waals surface area contributed by atoms with E-state index in [9.17, 15) is 9.90 Å². The van der Waals surface area contributed by atoms with Gasteiger partial charge in [-0.25, -0.2) is 0 Å². The molecule has 6 nitrogen and oxygen atoms in total. The van der Waals surface area contributed by atoms with E-state index in [-0.39, 0.29) is 12.5 Å². The highest BCUT2D eigenvalue weighted by atomic mass is 79.9. The Bertz CT molecular complexity index is 593. The van der Waals surface area contributed by atoms with Gasteiger partial charge in [0.25, 0.3) is 5.91 Å². The molecule has 1 unspecified atom stereocenters. The molecule has 0 spiro atoms. The molecule has 0 heterocycles. The van der Waals surface area contributed by atoms with E-state index in [0.29, 0.717) is 37.0 Å². The highest BCUT2D eigenvalue weighted by Crippen LogP contribution is 2.15. The molecule has 0 aliphatic rings. The van der Waals surface area contributed by atoms with Crippen molar-refractivity contribution in [2.45, 2.75) is 33.6 Å². The maximum Gasteiger partial charge on any atom is 0.251 e. The van der Waals surface area contributed by atoms with Crippen LogP contribution in [0.3, 0.4) is 0 Å². The molecule has 152 valence electrons. The molecule has 1 aromatic carbocycles. The number of guanidine groups is 1. The van der Waals surface area contributed by atoms with Gasteiger partial charge in [0, 0.05) is 42.8 Å². The standard InChI is InChI=1S/C20H33BrN4O2/c1-4-22-20(25-14-16(8-11-26)12-15(2)3)24-10-9-23-19(27)17-6-5-7-18(21)13-17/h5-7,13,15-16,26H,4,8-12,14H2,1-3H3,(H,23,27)(H2,22,24,25). The minimum Gasteiger partial charge on any atom is -0.396 e. The average Bonchev–Trinajstić information content (AvgIpc) is 2.62. The zero-order valence-electron chi connectivity index (χ0n) is 16.6. The van der Waals surface area contributed by atoms with Gasteiger partial charge in [-0.15, -0.1) is 0 Å². The van der Waals surface area contributed by atoms with Crippen molar-refractivity contribution >= 4 is 27.8 Å². The van der Waals surface area contributed by atoms with Crippen LogP contribution in [0.15, 0.2) is 33.7 Å². The summed E-state index contributed by atoms with van der Waals surface area (Å²) < 4.78 is 0.883. The SMILES string of the molecule is CCNC(=NCC(CCO)CC(C)C)NCCNC(=O)c1cccc(Br)c1. The van der Waals surface area contributed by atoms with Gasteiger partial charge in [-0.2, -0.15) is 0 Å². The molecular formula is C20H33BrN4O2. The highest BCUT2D eigenvalue weighted by Gasteiger charge is 2.11. The first-order valence-electron chi connectivity index (χ1n) is 9.63. The Morgan fingerprint density at radius 1 is 1.22 bits per heavy atom. The van der Waals surface area contributed by atoms with Crippen LogP contribution >= 0.6 is 15.9 Å². The number of hydrogen-bond donors (Lipinski definition) is 4. The number of carbonyl (C=O) groups is 1. The van der Waals surface area contributed by atoms with E-state index in [1.54, 1.807) is 12.1 Å². The number of aliphatic hydroxyl groups excluding tert-OH is 1. The molecule has 1 rings (SSSR count). The Morgan fingerprint density at radius 2 is 1.96 bits per heavy atom. The quantitative estimate of drug-likeness (QED) is 0.242. The van der Waals surface area contributed by atoms with Crippen LogP contribution in [0.1, 0.15) is 44.0 Å². The molecule has 0 aliphatic carbocycles. The summed E-state index contributed by atoms with van der Waals surface area (Å²) in [5.74, 6) is 1.60. The van der Waals surface area contributed by atoms with Crippen molar-refractivity contribution in [3.8, 4) is 0 Å². The summed E-state index contributed by atoms with van der Waals surface area (Å²) in [6.07, 6.45) is 1.82. The molecule has 7 heteroatoms. The summed E-state index contributed by atoms with van der Waals surface area (Å²) in [6.45, 7) is 9.12. The van der Waals surface area contributed by atoms with Gasteiger partial charge < -0.3 is 21.1 Å². The number of hydrogen-bond acceptors (Lipinski definition) is 3. The number of amides is 1. The summed E-state index contributed by atoms with van der Waals surface area (Å²) in [4.78, 5) is 16.8. The number of carbonyl (C=O) groups excluding carboxylic acids is 1. The molecule has 0 radical (unpaired) electrons. The summed E-state index contributed by atoms with van der Waals surface area (Å²) in [5.41, 5.74) is 0.630. The molecule has 1 aromatic rings. The Hall–Kier alpha value is -1.60. The van der Waals surface area contributed by atoms with E-state index in [2.05, 4.69) is 50.7 Å². The smallest absolute Gasteiger partial charge is 0.251 e. The Balaban J connectivity index is 2.45. The topological polar surface area (TPSA) is 85.8 Å². The van der Waals surface area contributed by atoms with E-state index in [1.165, 1.54) is 0 Å². The highest BCUT2D eigenvalue weighted by molar-refractivity contribution is 9.10. The summed E-state index contributed by atoms with van der Waals surface area (Å²) in [5, 5.41) is 18.6. The van der Waals surface area contributed by atoms with E-state index >= 15 is 0 Å². The van der Waals surface area contributed by atoms with Crippen LogP contribution < -0.4 is 16.0 Å². The van der Waals surface area contributed by atoms with Crippen LogP contribution in [0, 0.1) is 11.8 Å². The number of halogens is 1. The molecule has 0 aliphatic heterocycles. The van der Waals surface area contributed by atoms with E-state index in [1.807, 2.05) is 19.1 Å². The average molecular weight is 441 g/mol. The van der Waals surface area contributed by atoms with Crippen molar-refractivity contribution in [1.82, 2.24) is 16.0 Å². The van der Waals surface area contributed by atoms with Gasteiger partial charge in [0.2, 0.25) is 0 Å². The molecule has 0 saturated carbocycles. The normalized spacial score (nSPS) is 12.7. The van der Waals surface area contributed by atoms with Crippen LogP contribution in [0.4, 0.5) is 0 Å². The van der Waals surface area contributed by atoms with Gasteiger partial charge in [0.05, 0.1) is 0 Å². The number of aliphatic imine (C=N–C) groups is 1. The molecule has 0 bridgehead atoms. The molecule has 1 amide bonds. The fourth-order valence-electron chi connectivity index (χ4n) is 2.78. The first-order valence-corrected chi connectivity index (χ1v) is 10.4. The third-order valence-corrected chi connectivity index (χ3v) is 4.48. The lowest BCUT2D eigenvalue weighted by Gasteiger charge is -2.17. The number of rotatable bonds is 11. The van der Waals surface area contributed by atoms with E-state index < -0.39 is 0 Å². The summed E-state index contributed by atoms with van der Waals surface area (Å²) in [7, 11) is 0. The first-order chi connectivity index (χ1) is 13.0. The molecule has 0 fully saturated rings. The van der Waals surface area contributed by atoms with E-state index in [4.69, 9.17) is 0 Å². The van der Waals surface area contributed by atoms with Crippen molar-refractivity contribution in [2.75, 3.05) is 32.8 Å². The van der Waals surface area contributed by atoms with Crippen LogP contribution in [0.2, 0.25) is 0 Å². The number of aliphatic hydroxyl groups is 1. The summed E-state index contributed by atoms with van der Waals surface area (Å²) in [6, 6.07) is 7.31. The van der Waals surface area contributed by atoms with Gasteiger partial charge in [-0.1, -0.05) is 35.8 Å². The lowest BCUT2D eigenvalue weighted by Crippen LogP contribution is -2.41. The second-order valence-corrected chi connectivity index (χ2v) is 7.84. The third kappa shape index (κ3) is 10.3. The maximum absolute atomic E-state index is 12.1. The monoisotopic (exact) mass is 440 g/mol. The predicted octanol–water partition coefficient (Wildman–Crippen LogP) is 2.78. The van der Waals surface area contributed by atoms with Gasteiger partial charge in [-0.05, 0) is 49.8 Å². The molecule has 27 heavy (non-hydrogen) atoms. The predicted molar refractivity (Wildman–Crippen MR) is 115 cm³/mol. The van der Waals surface area contributed by atoms with Crippen molar-refractivity contribution < 1.29 is 9.90 Å². The lowest BCUT2D eigenvalue weighted by atomic mass is 9.94. The van der Waals surface area contributed by atoms with Crippen LogP contribution in [-0.4, -0.2) is 49.8 Å². The zero-order valence-corrected chi connectivity index (χ0v) is 18.2. The Morgan fingerprint density at radius 3 is 2.59 bits per heavy atom. The van der Waals surface area contributed by atoms with Gasteiger partial charge in [0.1, 0.15) is 0 Å². The Labute approximate surface area is 171 Å². The molecule has 1 atom stereocenters. The fourth-order valence-corrected chi connectivity index (χ4v) is 3.18. The van der Waals surface area contributed by atoms with Crippen LogP contribution in [-0.2, 0) is 0 Å². The third-order valence-electron chi connectivity index (χ3n) is 3.98. The van der Waals surface area contributed by atoms with Crippen molar-refractivity contribution in [2.24, 2.45) is 16.8 Å². The zero-order chi connectivity index (χ0) is 20.1. The largest absolute Gasteiger partial charge is 0.396 e.